The molecule has 1 aromatic carbocycles. The van der Waals surface area contributed by atoms with Crippen LogP contribution >= 0.6 is 10.0 Å². The zero-order valence-corrected chi connectivity index (χ0v) is 21.7. The number of carbonyl (C=O) groups excluding carboxylic acids is 5. The van der Waals surface area contributed by atoms with E-state index in [9.17, 15) is 34.2 Å². The van der Waals surface area contributed by atoms with Crippen molar-refractivity contribution in [1.29, 1.82) is 0 Å². The van der Waals surface area contributed by atoms with Crippen molar-refractivity contribution in [3.8, 4) is 16.9 Å². The van der Waals surface area contributed by atoms with Crippen LogP contribution < -0.4 is 10.6 Å². The Balaban J connectivity index is 1.86. The molecular formula is C26H30N2O7S. The molecule has 0 aliphatic heterocycles. The number of benzene rings is 1. The smallest absolute Gasteiger partial charge is 0.235 e. The lowest BCUT2D eigenvalue weighted by Crippen LogP contribution is -2.68. The van der Waals surface area contributed by atoms with Crippen LogP contribution in [0.1, 0.15) is 34.3 Å². The van der Waals surface area contributed by atoms with Gasteiger partial charge >= 0.3 is 0 Å². The highest BCUT2D eigenvalue weighted by molar-refractivity contribution is 8.35. The minimum Gasteiger partial charge on any atom is -0.506 e. The number of hydrogen-bond donors (Lipinski definition) is 3. The van der Waals surface area contributed by atoms with Crippen LogP contribution in [0.3, 0.4) is 0 Å². The number of ketones is 4. The van der Waals surface area contributed by atoms with Crippen molar-refractivity contribution in [3.63, 3.8) is 0 Å². The number of anilines is 1. The first-order valence-corrected chi connectivity index (χ1v) is 14.4. The lowest BCUT2D eigenvalue weighted by Gasteiger charge is -2.48. The third kappa shape index (κ3) is 3.82. The quantitative estimate of drug-likeness (QED) is 0.378. The Morgan fingerprint density at radius 2 is 1.78 bits per heavy atom. The van der Waals surface area contributed by atoms with E-state index in [4.69, 9.17) is 5.73 Å². The van der Waals surface area contributed by atoms with Crippen molar-refractivity contribution in [3.05, 3.63) is 22.8 Å². The molecule has 36 heavy (non-hydrogen) atoms. The van der Waals surface area contributed by atoms with Crippen LogP contribution in [0.4, 0.5) is 5.69 Å². The predicted molar refractivity (Wildman–Crippen MR) is 135 cm³/mol. The van der Waals surface area contributed by atoms with E-state index >= 15 is 0 Å². The molecule has 2 unspecified atom stereocenters. The molecule has 1 aromatic rings. The summed E-state index contributed by atoms with van der Waals surface area (Å²) in [6.07, 6.45) is 5.89. The number of nitrogens with zero attached hydrogens (tertiary/aromatic N) is 1. The highest BCUT2D eigenvalue weighted by Crippen LogP contribution is 2.51. The molecule has 3 aliphatic rings. The molecule has 4 rings (SSSR count). The van der Waals surface area contributed by atoms with Gasteiger partial charge < -0.3 is 20.8 Å². The number of phenolic OH excluding ortho intramolecular Hbond substituents is 1. The number of phenols is 1. The summed E-state index contributed by atoms with van der Waals surface area (Å²) in [7, 11) is 2.35. The number of rotatable bonds is 2. The number of amides is 1. The molecule has 2 saturated carbocycles. The van der Waals surface area contributed by atoms with Crippen molar-refractivity contribution >= 4 is 44.8 Å². The molecule has 5 atom stereocenters. The number of aliphatic hydroxyl groups is 1. The van der Waals surface area contributed by atoms with Crippen molar-refractivity contribution in [2.24, 2.45) is 29.4 Å². The van der Waals surface area contributed by atoms with Gasteiger partial charge in [0.1, 0.15) is 5.75 Å². The van der Waals surface area contributed by atoms with Crippen LogP contribution in [-0.4, -0.2) is 77.7 Å². The van der Waals surface area contributed by atoms with E-state index in [1.54, 1.807) is 25.1 Å². The Morgan fingerprint density at radius 1 is 1.14 bits per heavy atom. The fraction of sp³-hybridized carbons (Fsp3) is 0.500. The van der Waals surface area contributed by atoms with E-state index in [2.05, 4.69) is 11.2 Å². The van der Waals surface area contributed by atoms with Gasteiger partial charge in [0.25, 0.3) is 0 Å². The molecule has 192 valence electrons. The van der Waals surface area contributed by atoms with Gasteiger partial charge in [-0.15, -0.1) is 0 Å². The first-order valence-electron chi connectivity index (χ1n) is 11.5. The van der Waals surface area contributed by atoms with Crippen LogP contribution in [0.5, 0.6) is 5.75 Å². The summed E-state index contributed by atoms with van der Waals surface area (Å²) in [5.41, 5.74) is 3.99. The molecule has 0 heterocycles. The number of primary amides is 1. The summed E-state index contributed by atoms with van der Waals surface area (Å²) < 4.78 is 0. The van der Waals surface area contributed by atoms with Crippen LogP contribution in [0.2, 0.25) is 0 Å². The summed E-state index contributed by atoms with van der Waals surface area (Å²) in [6, 6.07) is 1.71. The highest BCUT2D eigenvalue weighted by Gasteiger charge is 2.66. The zero-order valence-electron chi connectivity index (χ0n) is 20.9. The molecular weight excluding hydrogens is 484 g/mol. The van der Waals surface area contributed by atoms with Crippen molar-refractivity contribution in [2.75, 3.05) is 37.8 Å². The molecule has 0 bridgehead atoms. The van der Waals surface area contributed by atoms with Crippen molar-refractivity contribution in [2.45, 2.75) is 24.9 Å². The van der Waals surface area contributed by atoms with Crippen LogP contribution in [0.25, 0.3) is 0 Å². The number of hydrogen-bond acceptors (Lipinski definition) is 8. The third-order valence-corrected chi connectivity index (χ3v) is 8.07. The maximum absolute atomic E-state index is 13.8. The normalized spacial score (nSPS) is 29.9. The summed E-state index contributed by atoms with van der Waals surface area (Å²) in [4.78, 5) is 66.5. The Hall–Kier alpha value is -3.16. The predicted octanol–water partition coefficient (Wildman–Crippen LogP) is 0.396. The number of nitrogens with two attached hydrogens (primary N) is 1. The van der Waals surface area contributed by atoms with Crippen LogP contribution in [0.15, 0.2) is 6.07 Å². The Labute approximate surface area is 210 Å². The number of fused-ring (bicyclic) bond motifs is 3. The molecule has 0 radical (unpaired) electrons. The van der Waals surface area contributed by atoms with Gasteiger partial charge in [0.2, 0.25) is 5.91 Å². The maximum atomic E-state index is 13.8. The molecule has 2 fully saturated rings. The molecule has 4 N–H and O–H groups in total. The first kappa shape index (κ1) is 25.9. The second-order valence-electron chi connectivity index (χ2n) is 10.8. The average Bonchev–Trinajstić information content (AvgIpc) is 2.74. The van der Waals surface area contributed by atoms with E-state index in [0.717, 1.165) is 0 Å². The monoisotopic (exact) mass is 514 g/mol. The summed E-state index contributed by atoms with van der Waals surface area (Å²) in [5, 5.41) is 25.5. The molecule has 0 saturated heterocycles. The van der Waals surface area contributed by atoms with E-state index in [1.165, 1.54) is 0 Å². The molecule has 0 spiro atoms. The summed E-state index contributed by atoms with van der Waals surface area (Å²) in [5.74, 6) is -7.29. The third-order valence-electron chi connectivity index (χ3n) is 7.35. The standard InChI is InChI=1S/C26H30N2O7S/c1-28(2)16-10-12(6-7-36(3,4)5)21(30)19-15(16)9-13-8-14-11-17(29)20(25(27)34)24(33)26(14,35)23(32)18(13)22(19)31/h10,13-14,18,20,30,35H,8-9,11H2,1-5H3,(H2,27,34)/t13-,14+,18?,20?,26+/m1/s1. The van der Waals surface area contributed by atoms with E-state index < -0.39 is 68.3 Å². The Bertz CT molecular complexity index is 1300. The van der Waals surface area contributed by atoms with Gasteiger partial charge in [-0.3, -0.25) is 24.0 Å². The number of aromatic hydroxyl groups is 1. The van der Waals surface area contributed by atoms with E-state index in [1.807, 2.05) is 18.8 Å². The molecule has 9 nitrogen and oxygen atoms in total. The molecule has 3 aliphatic carbocycles. The molecule has 0 aromatic heterocycles. The second kappa shape index (κ2) is 8.46. The molecule has 1 amide bonds. The fourth-order valence-electron chi connectivity index (χ4n) is 5.72. The minimum absolute atomic E-state index is 0.0446. The van der Waals surface area contributed by atoms with Crippen molar-refractivity contribution in [1.82, 2.24) is 0 Å². The molecule has 10 heteroatoms. The van der Waals surface area contributed by atoms with Crippen molar-refractivity contribution < 1.29 is 34.2 Å². The lowest BCUT2D eigenvalue weighted by molar-refractivity contribution is -0.175. The van der Waals surface area contributed by atoms with Gasteiger partial charge in [-0.2, -0.15) is 10.0 Å². The van der Waals surface area contributed by atoms with Gasteiger partial charge in [-0.25, -0.2) is 0 Å². The van der Waals surface area contributed by atoms with Gasteiger partial charge in [-0.1, -0.05) is 5.92 Å². The van der Waals surface area contributed by atoms with E-state index in [-0.39, 0.29) is 36.1 Å². The average molecular weight is 515 g/mol. The summed E-state index contributed by atoms with van der Waals surface area (Å²) >= 11 is 0. The topological polar surface area (TPSA) is 155 Å². The SMILES string of the molecule is CN(C)c1cc(C#CS(C)(C)C)c(O)c2c1C[C@H]1C[C@H]3CC(=O)C(C(N)=O)C(=O)[C@@]3(O)C(=O)C1C2=O. The van der Waals surface area contributed by atoms with Crippen LogP contribution in [-0.2, 0) is 25.6 Å². The first-order chi connectivity index (χ1) is 16.6. The number of carbonyl (C=O) groups is 5. The van der Waals surface area contributed by atoms with Crippen LogP contribution in [0, 0.1) is 34.8 Å². The summed E-state index contributed by atoms with van der Waals surface area (Å²) in [6.45, 7) is 0. The fourth-order valence-corrected chi connectivity index (χ4v) is 6.13. The van der Waals surface area contributed by atoms with Gasteiger partial charge in [-0.05, 0) is 54.4 Å². The lowest BCUT2D eigenvalue weighted by atomic mass is 9.53. The maximum Gasteiger partial charge on any atom is 0.235 e. The Morgan fingerprint density at radius 3 is 2.33 bits per heavy atom. The zero-order chi connectivity index (χ0) is 26.9. The van der Waals surface area contributed by atoms with Gasteiger partial charge in [0, 0.05) is 32.1 Å². The Kier molecular flexibility index (Phi) is 6.09. The largest absolute Gasteiger partial charge is 0.506 e. The minimum atomic E-state index is -2.66. The number of Topliss-reactive ketones (excluding diaryl/α,β-unsaturated/α-hetero) is 4. The van der Waals surface area contributed by atoms with Gasteiger partial charge in [0.15, 0.2) is 34.7 Å². The van der Waals surface area contributed by atoms with Gasteiger partial charge in [0.05, 0.1) is 17.0 Å². The highest BCUT2D eigenvalue weighted by atomic mass is 32.3. The van der Waals surface area contributed by atoms with E-state index in [0.29, 0.717) is 11.3 Å². The second-order valence-corrected chi connectivity index (χ2v) is 14.7.